The summed E-state index contributed by atoms with van der Waals surface area (Å²) >= 11 is 1.89. The number of nitrogens with zero attached hydrogens (tertiary/aromatic N) is 1. The first-order valence-corrected chi connectivity index (χ1v) is 18.5. The average molecular weight is 670 g/mol. The Kier molecular flexibility index (Phi) is 6.78. The summed E-state index contributed by atoms with van der Waals surface area (Å²) in [4.78, 5) is 2.49. The minimum absolute atomic E-state index is 0.0975. The average Bonchev–Trinajstić information content (AvgIpc) is 3.69. The lowest BCUT2D eigenvalue weighted by Gasteiger charge is -2.29. The lowest BCUT2D eigenvalue weighted by Crippen LogP contribution is -2.16. The van der Waals surface area contributed by atoms with Crippen LogP contribution in [-0.4, -0.2) is 0 Å². The molecule has 1 nitrogen and oxygen atoms in total. The number of thiophene rings is 1. The molecule has 0 fully saturated rings. The Bertz CT molecular complexity index is 2750. The number of hydrogen-bond acceptors (Lipinski definition) is 2. The predicted molar refractivity (Wildman–Crippen MR) is 220 cm³/mol. The van der Waals surface area contributed by atoms with E-state index in [2.05, 4.69) is 195 Å². The molecule has 1 aliphatic rings. The van der Waals surface area contributed by atoms with Crippen molar-refractivity contribution in [2.24, 2.45) is 0 Å². The topological polar surface area (TPSA) is 3.24 Å². The maximum absolute atomic E-state index is 2.49. The van der Waals surface area contributed by atoms with E-state index in [-0.39, 0.29) is 5.41 Å². The zero-order chi connectivity index (χ0) is 34.1. The standard InChI is InChI=1S/C49H35NS/c1-49(2)43-18-10-8-16-40(43)41-29-28-38(31-44(41)49)50(37-26-24-35(25-27-37)34-22-20-33(21-23-34)32-12-4-3-5-13-32)45-30-36-14-6-7-15-39(36)47-42-17-9-11-19-46(42)51-48(45)47/h3-31H,1-2H3. The van der Waals surface area contributed by atoms with Gasteiger partial charge >= 0.3 is 0 Å². The molecule has 242 valence electrons. The molecule has 1 aromatic heterocycles. The van der Waals surface area contributed by atoms with Crippen LogP contribution in [0.15, 0.2) is 176 Å². The second-order valence-corrected chi connectivity index (χ2v) is 15.2. The Labute approximate surface area is 302 Å². The lowest BCUT2D eigenvalue weighted by molar-refractivity contribution is 0.660. The van der Waals surface area contributed by atoms with E-state index in [0.717, 1.165) is 5.69 Å². The monoisotopic (exact) mass is 669 g/mol. The molecule has 1 heterocycles. The summed E-state index contributed by atoms with van der Waals surface area (Å²) in [6.45, 7) is 4.73. The van der Waals surface area contributed by atoms with Crippen molar-refractivity contribution in [2.45, 2.75) is 19.3 Å². The highest BCUT2D eigenvalue weighted by Crippen LogP contribution is 2.52. The van der Waals surface area contributed by atoms with Crippen molar-refractivity contribution in [1.82, 2.24) is 0 Å². The van der Waals surface area contributed by atoms with E-state index in [1.165, 1.54) is 86.8 Å². The number of benzene rings is 8. The number of rotatable bonds is 5. The highest BCUT2D eigenvalue weighted by molar-refractivity contribution is 7.26. The molecule has 0 atom stereocenters. The van der Waals surface area contributed by atoms with Crippen molar-refractivity contribution in [3.05, 3.63) is 187 Å². The largest absolute Gasteiger partial charge is 0.309 e. The summed E-state index contributed by atoms with van der Waals surface area (Å²) in [5, 5.41) is 5.19. The first-order valence-electron chi connectivity index (χ1n) is 17.7. The van der Waals surface area contributed by atoms with Gasteiger partial charge in [0.2, 0.25) is 0 Å². The highest BCUT2D eigenvalue weighted by Gasteiger charge is 2.36. The maximum Gasteiger partial charge on any atom is 0.0646 e. The summed E-state index contributed by atoms with van der Waals surface area (Å²) in [5.41, 5.74) is 13.7. The molecule has 0 spiro atoms. The summed E-state index contributed by atoms with van der Waals surface area (Å²) < 4.78 is 2.61. The van der Waals surface area contributed by atoms with Crippen LogP contribution in [0.1, 0.15) is 25.0 Å². The van der Waals surface area contributed by atoms with E-state index in [4.69, 9.17) is 0 Å². The Morgan fingerprint density at radius 3 is 1.78 bits per heavy atom. The van der Waals surface area contributed by atoms with Crippen LogP contribution in [0, 0.1) is 0 Å². The third kappa shape index (κ3) is 4.75. The second kappa shape index (κ2) is 11.6. The SMILES string of the molecule is CC1(C)c2ccccc2-c2ccc(N(c3ccc(-c4ccc(-c5ccccc5)cc4)cc3)c3cc4ccccc4c4c3sc3ccccc34)cc21. The van der Waals surface area contributed by atoms with Crippen molar-refractivity contribution in [2.75, 3.05) is 4.90 Å². The van der Waals surface area contributed by atoms with E-state index < -0.39 is 0 Å². The molecule has 9 aromatic rings. The van der Waals surface area contributed by atoms with E-state index in [9.17, 15) is 0 Å². The molecule has 0 amide bonds. The number of fused-ring (bicyclic) bond motifs is 8. The molecule has 0 radical (unpaired) electrons. The summed E-state index contributed by atoms with van der Waals surface area (Å²) in [7, 11) is 0. The molecule has 0 saturated heterocycles. The van der Waals surface area contributed by atoms with Crippen LogP contribution in [0.4, 0.5) is 17.1 Å². The van der Waals surface area contributed by atoms with Gasteiger partial charge in [0.1, 0.15) is 0 Å². The molecule has 0 N–H and O–H groups in total. The fourth-order valence-electron chi connectivity index (χ4n) is 8.27. The van der Waals surface area contributed by atoms with Crippen molar-refractivity contribution in [3.8, 4) is 33.4 Å². The second-order valence-electron chi connectivity index (χ2n) is 14.1. The third-order valence-electron chi connectivity index (χ3n) is 10.9. The molecule has 0 aliphatic heterocycles. The van der Waals surface area contributed by atoms with Crippen LogP contribution >= 0.6 is 11.3 Å². The maximum atomic E-state index is 2.49. The van der Waals surface area contributed by atoms with Gasteiger partial charge < -0.3 is 4.90 Å². The minimum atomic E-state index is -0.0975. The summed E-state index contributed by atoms with van der Waals surface area (Å²) in [5.74, 6) is 0. The van der Waals surface area contributed by atoms with Crippen LogP contribution in [-0.2, 0) is 5.41 Å². The van der Waals surface area contributed by atoms with Crippen molar-refractivity contribution in [3.63, 3.8) is 0 Å². The van der Waals surface area contributed by atoms with Gasteiger partial charge in [0.15, 0.2) is 0 Å². The van der Waals surface area contributed by atoms with Gasteiger partial charge in [-0.1, -0.05) is 153 Å². The van der Waals surface area contributed by atoms with E-state index in [0.29, 0.717) is 0 Å². The minimum Gasteiger partial charge on any atom is -0.309 e. The highest BCUT2D eigenvalue weighted by atomic mass is 32.1. The zero-order valence-electron chi connectivity index (χ0n) is 28.6. The first-order chi connectivity index (χ1) is 25.0. The molecule has 10 rings (SSSR count). The fourth-order valence-corrected chi connectivity index (χ4v) is 9.49. The summed E-state index contributed by atoms with van der Waals surface area (Å²) in [6, 6.07) is 64.8. The zero-order valence-corrected chi connectivity index (χ0v) is 29.4. The van der Waals surface area contributed by atoms with E-state index in [1.54, 1.807) is 0 Å². The van der Waals surface area contributed by atoms with Crippen LogP contribution in [0.5, 0.6) is 0 Å². The molecule has 51 heavy (non-hydrogen) atoms. The van der Waals surface area contributed by atoms with Crippen molar-refractivity contribution >= 4 is 59.3 Å². The Balaban J connectivity index is 1.16. The van der Waals surface area contributed by atoms with E-state index >= 15 is 0 Å². The van der Waals surface area contributed by atoms with Gasteiger partial charge in [-0.3, -0.25) is 0 Å². The van der Waals surface area contributed by atoms with Gasteiger partial charge in [0.05, 0.1) is 10.4 Å². The first kappa shape index (κ1) is 29.9. The molecular formula is C49H35NS. The van der Waals surface area contributed by atoms with Crippen LogP contribution in [0.2, 0.25) is 0 Å². The Morgan fingerprint density at radius 2 is 1.02 bits per heavy atom. The lowest BCUT2D eigenvalue weighted by atomic mass is 9.82. The van der Waals surface area contributed by atoms with Crippen molar-refractivity contribution in [1.29, 1.82) is 0 Å². The van der Waals surface area contributed by atoms with Crippen molar-refractivity contribution < 1.29 is 0 Å². The molecule has 0 saturated carbocycles. The molecule has 0 unspecified atom stereocenters. The molecule has 8 aromatic carbocycles. The molecule has 1 aliphatic carbocycles. The summed E-state index contributed by atoms with van der Waals surface area (Å²) in [6.07, 6.45) is 0. The smallest absolute Gasteiger partial charge is 0.0646 e. The van der Waals surface area contributed by atoms with Gasteiger partial charge in [-0.15, -0.1) is 11.3 Å². The third-order valence-corrected chi connectivity index (χ3v) is 12.1. The molecular weight excluding hydrogens is 635 g/mol. The number of anilines is 3. The number of hydrogen-bond donors (Lipinski definition) is 0. The Morgan fingerprint density at radius 1 is 0.451 bits per heavy atom. The van der Waals surface area contributed by atoms with Crippen LogP contribution < -0.4 is 4.90 Å². The fraction of sp³-hybridized carbons (Fsp3) is 0.0612. The van der Waals surface area contributed by atoms with Gasteiger partial charge in [0.25, 0.3) is 0 Å². The Hall–Kier alpha value is -5.96. The van der Waals surface area contributed by atoms with Gasteiger partial charge in [-0.05, 0) is 91.7 Å². The quantitative estimate of drug-likeness (QED) is 0.176. The van der Waals surface area contributed by atoms with Crippen LogP contribution in [0.3, 0.4) is 0 Å². The molecule has 0 bridgehead atoms. The molecule has 2 heteroatoms. The van der Waals surface area contributed by atoms with Gasteiger partial charge in [-0.25, -0.2) is 0 Å². The van der Waals surface area contributed by atoms with Crippen LogP contribution in [0.25, 0.3) is 64.3 Å². The predicted octanol–water partition coefficient (Wildman–Crippen LogP) is 14.3. The normalized spacial score (nSPS) is 13.1. The van der Waals surface area contributed by atoms with E-state index in [1.807, 2.05) is 11.3 Å². The van der Waals surface area contributed by atoms with Gasteiger partial charge in [-0.2, -0.15) is 0 Å². The van der Waals surface area contributed by atoms with Gasteiger partial charge in [0, 0.05) is 32.3 Å².